The van der Waals surface area contributed by atoms with Gasteiger partial charge in [0.15, 0.2) is 0 Å². The Balaban J connectivity index is 1.71. The minimum Gasteiger partial charge on any atom is -0.507 e. The summed E-state index contributed by atoms with van der Waals surface area (Å²) in [6, 6.07) is 6.30. The molecule has 0 spiro atoms. The summed E-state index contributed by atoms with van der Waals surface area (Å²) >= 11 is 0. The Morgan fingerprint density at radius 1 is 1.17 bits per heavy atom. The maximum Gasteiger partial charge on any atom is 0.127 e. The molecule has 0 amide bonds. The van der Waals surface area contributed by atoms with Gasteiger partial charge in [0.1, 0.15) is 5.75 Å². The molecule has 3 aliphatic carbocycles. The molecule has 0 aliphatic heterocycles. The Morgan fingerprint density at radius 3 is 2.83 bits per heavy atom. The van der Waals surface area contributed by atoms with Crippen molar-refractivity contribution in [1.82, 2.24) is 0 Å². The maximum absolute atomic E-state index is 9.95. The van der Waals surface area contributed by atoms with Gasteiger partial charge in [-0.1, -0.05) is 12.1 Å². The monoisotopic (exact) mass is 243 g/mol. The molecule has 2 bridgehead atoms. The van der Waals surface area contributed by atoms with Crippen molar-refractivity contribution in [2.24, 2.45) is 16.8 Å². The van der Waals surface area contributed by atoms with E-state index < -0.39 is 0 Å². The van der Waals surface area contributed by atoms with E-state index in [1.54, 1.807) is 0 Å². The highest BCUT2D eigenvalue weighted by Crippen LogP contribution is 2.44. The van der Waals surface area contributed by atoms with E-state index in [1.165, 1.54) is 32.1 Å². The van der Waals surface area contributed by atoms with Crippen molar-refractivity contribution in [2.75, 3.05) is 0 Å². The molecule has 1 atom stereocenters. The quantitative estimate of drug-likeness (QED) is 0.789. The molecule has 18 heavy (non-hydrogen) atoms. The molecule has 2 heteroatoms. The predicted octanol–water partition coefficient (Wildman–Crippen LogP) is 3.70. The van der Waals surface area contributed by atoms with Gasteiger partial charge in [0, 0.05) is 11.8 Å². The third kappa shape index (κ3) is 2.29. The third-order valence-electron chi connectivity index (χ3n) is 4.54. The van der Waals surface area contributed by atoms with Crippen LogP contribution in [0.4, 0.5) is 0 Å². The molecule has 1 N–H and O–H groups in total. The summed E-state index contributed by atoms with van der Waals surface area (Å²) in [4.78, 5) is 4.71. The molecule has 3 fully saturated rings. The van der Waals surface area contributed by atoms with Crippen LogP contribution < -0.4 is 0 Å². The Bertz CT molecular complexity index is 460. The van der Waals surface area contributed by atoms with E-state index >= 15 is 0 Å². The van der Waals surface area contributed by atoms with Crippen molar-refractivity contribution in [3.63, 3.8) is 0 Å². The van der Waals surface area contributed by atoms with E-state index in [0.29, 0.717) is 11.8 Å². The topological polar surface area (TPSA) is 32.6 Å². The number of hydrogen-bond acceptors (Lipinski definition) is 2. The second-order valence-electron chi connectivity index (χ2n) is 5.96. The summed E-state index contributed by atoms with van der Waals surface area (Å²) in [5.41, 5.74) is 1.77. The van der Waals surface area contributed by atoms with Gasteiger partial charge in [0.05, 0.1) is 6.04 Å². The molecule has 1 unspecified atom stereocenters. The number of aliphatic imine (C=N–C) groups is 1. The Labute approximate surface area is 109 Å². The van der Waals surface area contributed by atoms with Crippen LogP contribution in [0.1, 0.15) is 43.2 Å². The molecule has 1 aromatic carbocycles. The lowest BCUT2D eigenvalue weighted by atomic mass is 9.74. The zero-order valence-electron chi connectivity index (χ0n) is 11.0. The fourth-order valence-electron chi connectivity index (χ4n) is 3.34. The van der Waals surface area contributed by atoms with E-state index in [2.05, 4.69) is 0 Å². The maximum atomic E-state index is 9.95. The van der Waals surface area contributed by atoms with Crippen LogP contribution >= 0.6 is 0 Å². The fourth-order valence-corrected chi connectivity index (χ4v) is 3.34. The van der Waals surface area contributed by atoms with E-state index in [0.717, 1.165) is 23.0 Å². The van der Waals surface area contributed by atoms with Crippen molar-refractivity contribution in [3.05, 3.63) is 29.3 Å². The zero-order valence-corrected chi connectivity index (χ0v) is 11.0. The zero-order chi connectivity index (χ0) is 12.5. The lowest BCUT2D eigenvalue weighted by Gasteiger charge is -2.32. The molecule has 96 valence electrons. The van der Waals surface area contributed by atoms with Crippen molar-refractivity contribution in [1.29, 1.82) is 0 Å². The van der Waals surface area contributed by atoms with Gasteiger partial charge in [-0.05, 0) is 62.5 Å². The van der Waals surface area contributed by atoms with Gasteiger partial charge in [-0.3, -0.25) is 4.99 Å². The molecular weight excluding hydrogens is 222 g/mol. The number of para-hydroxylation sites is 1. The molecule has 0 heterocycles. The number of fused-ring (bicyclic) bond motifs is 3. The number of phenols is 1. The first-order valence-electron chi connectivity index (χ1n) is 7.04. The molecule has 3 aliphatic rings. The number of phenolic OH excluding ortho intramolecular Hbond substituents is 1. The Hall–Kier alpha value is -1.31. The summed E-state index contributed by atoms with van der Waals surface area (Å²) in [6.45, 7) is 1.92. The van der Waals surface area contributed by atoms with E-state index in [1.807, 2.05) is 31.3 Å². The number of benzene rings is 1. The number of rotatable bonds is 2. The van der Waals surface area contributed by atoms with Gasteiger partial charge < -0.3 is 5.11 Å². The van der Waals surface area contributed by atoms with E-state index in [4.69, 9.17) is 4.99 Å². The molecular formula is C16H21NO. The average molecular weight is 243 g/mol. The van der Waals surface area contributed by atoms with Crippen LogP contribution in [0.3, 0.4) is 0 Å². The van der Waals surface area contributed by atoms with Crippen LogP contribution in [0.2, 0.25) is 0 Å². The van der Waals surface area contributed by atoms with Crippen LogP contribution in [0.25, 0.3) is 0 Å². The lowest BCUT2D eigenvalue weighted by molar-refractivity contribution is 0.198. The van der Waals surface area contributed by atoms with Crippen molar-refractivity contribution in [2.45, 2.75) is 45.1 Å². The molecule has 4 rings (SSSR count). The Morgan fingerprint density at radius 2 is 2.00 bits per heavy atom. The molecule has 1 aromatic rings. The number of nitrogens with zero attached hydrogens (tertiary/aromatic N) is 1. The van der Waals surface area contributed by atoms with Gasteiger partial charge in [-0.25, -0.2) is 0 Å². The molecule has 2 nitrogen and oxygen atoms in total. The lowest BCUT2D eigenvalue weighted by Crippen LogP contribution is -2.21. The number of aromatic hydroxyl groups is 1. The fraction of sp³-hybridized carbons (Fsp3) is 0.562. The van der Waals surface area contributed by atoms with Gasteiger partial charge in [0.2, 0.25) is 0 Å². The molecule has 0 saturated heterocycles. The first kappa shape index (κ1) is 11.8. The van der Waals surface area contributed by atoms with Crippen LogP contribution in [0.15, 0.2) is 23.2 Å². The first-order valence-corrected chi connectivity index (χ1v) is 7.04. The van der Waals surface area contributed by atoms with Crippen LogP contribution in [0.5, 0.6) is 5.75 Å². The van der Waals surface area contributed by atoms with Gasteiger partial charge in [0.25, 0.3) is 0 Å². The summed E-state index contributed by atoms with van der Waals surface area (Å²) in [5, 5.41) is 9.95. The van der Waals surface area contributed by atoms with Gasteiger partial charge >= 0.3 is 0 Å². The smallest absolute Gasteiger partial charge is 0.127 e. The van der Waals surface area contributed by atoms with Gasteiger partial charge in [-0.15, -0.1) is 0 Å². The number of hydrogen-bond donors (Lipinski definition) is 1. The second-order valence-corrected chi connectivity index (χ2v) is 5.96. The molecule has 0 radical (unpaired) electrons. The second kappa shape index (κ2) is 4.75. The minimum atomic E-state index is 0.374. The third-order valence-corrected chi connectivity index (χ3v) is 4.54. The average Bonchev–Trinajstić information content (AvgIpc) is 2.63. The van der Waals surface area contributed by atoms with Gasteiger partial charge in [-0.2, -0.15) is 0 Å². The molecule has 0 aromatic heterocycles. The summed E-state index contributed by atoms with van der Waals surface area (Å²) in [5.74, 6) is 2.28. The summed E-state index contributed by atoms with van der Waals surface area (Å²) in [7, 11) is 0. The predicted molar refractivity (Wildman–Crippen MR) is 74.3 cm³/mol. The van der Waals surface area contributed by atoms with Crippen LogP contribution in [0, 0.1) is 18.8 Å². The highest BCUT2D eigenvalue weighted by atomic mass is 16.3. The van der Waals surface area contributed by atoms with Crippen molar-refractivity contribution >= 4 is 6.21 Å². The minimum absolute atomic E-state index is 0.374. The SMILES string of the molecule is Cc1cccc(C=NC2CCC3CC(C3)C2)c1O. The van der Waals surface area contributed by atoms with Crippen molar-refractivity contribution in [3.8, 4) is 5.75 Å². The Kier molecular flexibility index (Phi) is 3.11. The standard InChI is InChI=1S/C16H21NO/c1-11-3-2-4-14(16(11)18)10-17-15-6-5-12-7-13(8-12)9-15/h2-4,10,12-13,15,18H,5-9H2,1H3. The summed E-state index contributed by atoms with van der Waals surface area (Å²) < 4.78 is 0. The highest BCUT2D eigenvalue weighted by Gasteiger charge is 2.34. The number of aryl methyl sites for hydroxylation is 1. The highest BCUT2D eigenvalue weighted by molar-refractivity contribution is 5.84. The van der Waals surface area contributed by atoms with E-state index in [-0.39, 0.29) is 0 Å². The molecule has 3 saturated carbocycles. The summed E-state index contributed by atoms with van der Waals surface area (Å²) in [6.07, 6.45) is 8.56. The normalized spacial score (nSPS) is 31.1. The first-order chi connectivity index (χ1) is 8.72. The largest absolute Gasteiger partial charge is 0.507 e. The van der Waals surface area contributed by atoms with Crippen LogP contribution in [-0.2, 0) is 0 Å². The van der Waals surface area contributed by atoms with Crippen LogP contribution in [-0.4, -0.2) is 17.4 Å². The van der Waals surface area contributed by atoms with Crippen molar-refractivity contribution < 1.29 is 5.11 Å². The van der Waals surface area contributed by atoms with E-state index in [9.17, 15) is 5.11 Å².